The SMILES string of the molecule is CCOC(=O)C1CCN(C(=O)OC(C)(C)C)CC1=O.CSc1nc2c(c(=O)[nH]1)CCN(C(=O)OC(C)(C)C)C2.Cc1cc(N2CCc3c(nc(S(C)=O)nc3N3CCN(C(=O)OCc4ccccc4)CC3)C2)c2ccccc2c1. The summed E-state index contributed by atoms with van der Waals surface area (Å²) >= 11 is 1.37. The quantitative estimate of drug-likeness (QED) is 0.0513. The number of carbonyl (C=O) groups is 5. The van der Waals surface area contributed by atoms with E-state index in [9.17, 15) is 33.0 Å². The summed E-state index contributed by atoms with van der Waals surface area (Å²) in [5.41, 5.74) is 5.53. The number of esters is 1. The van der Waals surface area contributed by atoms with Gasteiger partial charge in [-0.25, -0.2) is 29.3 Å². The van der Waals surface area contributed by atoms with Crippen LogP contribution < -0.4 is 15.4 Å². The number of thioether (sulfide) groups is 1. The standard InChI is InChI=1S/C31H33N5O3S.C13H19N3O3S.C13H21NO5/c1-22-18-24-10-6-7-11-25(24)28(19-22)36-13-12-26-27(20-36)32-30(40(2)38)33-29(26)34-14-16-35(17-15-34)31(37)39-21-23-8-4-3-5-9-23;1-13(2,3)19-12(18)16-6-5-8-9(7-16)14-11(20-4)15-10(8)17;1-5-18-11(16)9-6-7-14(8-10(9)15)12(17)19-13(2,3)4/h3-11,18-19H,12-17,20-21H2,1-2H3;5-7H2,1-4H3,(H,14,15,17);9H,5-8H2,1-4H3. The van der Waals surface area contributed by atoms with Crippen LogP contribution in [0.3, 0.4) is 0 Å². The summed E-state index contributed by atoms with van der Waals surface area (Å²) in [7, 11) is -1.31. The van der Waals surface area contributed by atoms with Crippen LogP contribution in [0.2, 0.25) is 0 Å². The summed E-state index contributed by atoms with van der Waals surface area (Å²) < 4.78 is 33.5. The molecule has 2 fully saturated rings. The van der Waals surface area contributed by atoms with Gasteiger partial charge in [0, 0.05) is 74.3 Å². The van der Waals surface area contributed by atoms with E-state index in [-0.39, 0.29) is 49.7 Å². The number of anilines is 2. The van der Waals surface area contributed by atoms with Crippen LogP contribution in [0.1, 0.15) is 88.5 Å². The summed E-state index contributed by atoms with van der Waals surface area (Å²) in [5, 5.41) is 3.37. The second-order valence-corrected chi connectivity index (χ2v) is 23.6. The number of carbonyl (C=O) groups excluding carboxylic acids is 5. The van der Waals surface area contributed by atoms with Crippen molar-refractivity contribution < 1.29 is 47.1 Å². The molecule has 79 heavy (non-hydrogen) atoms. The minimum Gasteiger partial charge on any atom is -0.465 e. The highest BCUT2D eigenvalue weighted by molar-refractivity contribution is 7.98. The van der Waals surface area contributed by atoms with Gasteiger partial charge < -0.3 is 48.4 Å². The lowest BCUT2D eigenvalue weighted by Gasteiger charge is -2.38. The number of nitrogens with zero attached hydrogens (tertiary/aromatic N) is 8. The summed E-state index contributed by atoms with van der Waals surface area (Å²) in [6, 6.07) is 22.6. The van der Waals surface area contributed by atoms with Gasteiger partial charge in [0.2, 0.25) is 5.16 Å². The molecule has 6 heterocycles. The Morgan fingerprint density at radius 2 is 1.34 bits per heavy atom. The van der Waals surface area contributed by atoms with Gasteiger partial charge in [0.15, 0.2) is 10.9 Å². The Balaban J connectivity index is 0.000000194. The Morgan fingerprint density at radius 3 is 1.97 bits per heavy atom. The number of ether oxygens (including phenoxy) is 4. The Morgan fingerprint density at radius 1 is 0.709 bits per heavy atom. The van der Waals surface area contributed by atoms with E-state index in [1.165, 1.54) is 38.7 Å². The maximum Gasteiger partial charge on any atom is 0.410 e. The van der Waals surface area contributed by atoms with E-state index in [1.54, 1.807) is 43.8 Å². The number of aromatic amines is 1. The molecule has 4 aliphatic rings. The number of nitrogens with one attached hydrogen (secondary N) is 1. The number of aromatic nitrogens is 4. The van der Waals surface area contributed by atoms with Gasteiger partial charge in [0.25, 0.3) is 5.56 Å². The molecule has 22 heteroatoms. The Kier molecular flexibility index (Phi) is 19.8. The molecule has 424 valence electrons. The fraction of sp³-hybridized carbons (Fsp3) is 0.491. The van der Waals surface area contributed by atoms with E-state index in [1.807, 2.05) is 57.4 Å². The predicted molar refractivity (Wildman–Crippen MR) is 303 cm³/mol. The van der Waals surface area contributed by atoms with Gasteiger partial charge >= 0.3 is 24.2 Å². The van der Waals surface area contributed by atoms with Crippen LogP contribution in [0, 0.1) is 12.8 Å². The number of ketones is 1. The number of likely N-dealkylation sites (tertiary alicyclic amines) is 1. The fourth-order valence-electron chi connectivity index (χ4n) is 9.39. The number of piperazine rings is 1. The van der Waals surface area contributed by atoms with Crippen molar-refractivity contribution in [2.24, 2.45) is 5.92 Å². The van der Waals surface area contributed by atoms with E-state index in [2.05, 4.69) is 63.1 Å². The number of amides is 3. The normalized spacial score (nSPS) is 16.8. The highest BCUT2D eigenvalue weighted by Crippen LogP contribution is 2.35. The van der Waals surface area contributed by atoms with Crippen molar-refractivity contribution in [2.75, 3.05) is 81.3 Å². The van der Waals surface area contributed by atoms with Crippen LogP contribution in [0.15, 0.2) is 81.8 Å². The van der Waals surface area contributed by atoms with E-state index < -0.39 is 40.0 Å². The maximum atomic E-state index is 12.7. The molecular weight excluding hydrogens is 1050 g/mol. The number of H-pyrrole nitrogens is 1. The molecule has 2 aromatic heterocycles. The Bertz CT molecular complexity index is 3100. The first-order valence-corrected chi connectivity index (χ1v) is 29.3. The van der Waals surface area contributed by atoms with Crippen molar-refractivity contribution in [3.05, 3.63) is 111 Å². The van der Waals surface area contributed by atoms with Crippen molar-refractivity contribution in [1.29, 1.82) is 0 Å². The van der Waals surface area contributed by atoms with Crippen molar-refractivity contribution in [1.82, 2.24) is 34.6 Å². The zero-order chi connectivity index (χ0) is 57.2. The van der Waals surface area contributed by atoms with Gasteiger partial charge in [-0.3, -0.25) is 18.6 Å². The van der Waals surface area contributed by atoms with Crippen LogP contribution in [-0.4, -0.2) is 152 Å². The number of hydrogen-bond donors (Lipinski definition) is 1. The molecule has 3 amide bonds. The van der Waals surface area contributed by atoms with Gasteiger partial charge in [-0.15, -0.1) is 0 Å². The molecule has 0 spiro atoms. The van der Waals surface area contributed by atoms with E-state index in [4.69, 9.17) is 28.9 Å². The number of Topliss-reactive ketones (excluding diaryl/α,β-unsaturated/α-hetero) is 1. The first-order chi connectivity index (χ1) is 37.5. The van der Waals surface area contributed by atoms with Crippen molar-refractivity contribution in [2.45, 2.75) is 116 Å². The summed E-state index contributed by atoms with van der Waals surface area (Å²) in [4.78, 5) is 97.7. The lowest BCUT2D eigenvalue weighted by molar-refractivity contribution is -0.153. The summed E-state index contributed by atoms with van der Waals surface area (Å²) in [6.45, 7) is 20.0. The smallest absolute Gasteiger partial charge is 0.410 e. The average Bonchev–Trinajstić information content (AvgIpc) is 3.48. The van der Waals surface area contributed by atoms with E-state index in [0.717, 1.165) is 35.6 Å². The number of benzene rings is 3. The molecule has 4 aliphatic heterocycles. The fourth-order valence-corrected chi connectivity index (χ4v) is 10.2. The molecule has 2 atom stereocenters. The van der Waals surface area contributed by atoms with Crippen LogP contribution in [-0.2, 0) is 71.9 Å². The molecule has 2 saturated heterocycles. The Hall–Kier alpha value is -7.07. The van der Waals surface area contributed by atoms with Crippen molar-refractivity contribution in [3.63, 3.8) is 0 Å². The zero-order valence-electron chi connectivity index (χ0n) is 46.9. The number of piperidine rings is 1. The van der Waals surface area contributed by atoms with Crippen molar-refractivity contribution >= 4 is 74.9 Å². The largest absolute Gasteiger partial charge is 0.465 e. The van der Waals surface area contributed by atoms with Crippen LogP contribution in [0.4, 0.5) is 25.9 Å². The van der Waals surface area contributed by atoms with Crippen molar-refractivity contribution in [3.8, 4) is 0 Å². The second kappa shape index (κ2) is 26.3. The van der Waals surface area contributed by atoms with Gasteiger partial charge in [0.05, 0.1) is 48.4 Å². The topological polar surface area (TPSA) is 227 Å². The molecule has 9 rings (SSSR count). The third-order valence-corrected chi connectivity index (χ3v) is 14.5. The van der Waals surface area contributed by atoms with Gasteiger partial charge in [-0.05, 0) is 103 Å². The van der Waals surface area contributed by atoms with Gasteiger partial charge in [-0.2, -0.15) is 0 Å². The van der Waals surface area contributed by atoms with Crippen LogP contribution in [0.25, 0.3) is 10.8 Å². The number of hydrogen-bond acceptors (Lipinski definition) is 17. The van der Waals surface area contributed by atoms with Gasteiger partial charge in [0.1, 0.15) is 29.5 Å². The molecule has 3 aromatic carbocycles. The first-order valence-electron chi connectivity index (χ1n) is 26.5. The predicted octanol–water partition coefficient (Wildman–Crippen LogP) is 7.86. The highest BCUT2D eigenvalue weighted by atomic mass is 32.2. The molecule has 0 saturated carbocycles. The molecule has 5 aromatic rings. The molecule has 0 radical (unpaired) electrons. The minimum absolute atomic E-state index is 0.0988. The maximum absolute atomic E-state index is 12.7. The summed E-state index contributed by atoms with van der Waals surface area (Å²) in [6.07, 6.45) is 3.87. The first kappa shape index (κ1) is 59.6. The Labute approximate surface area is 468 Å². The van der Waals surface area contributed by atoms with E-state index >= 15 is 0 Å². The number of rotatable bonds is 8. The lowest BCUT2D eigenvalue weighted by Crippen LogP contribution is -2.49. The van der Waals surface area contributed by atoms with Crippen LogP contribution in [0.5, 0.6) is 0 Å². The molecule has 2 unspecified atom stereocenters. The number of aryl methyl sites for hydroxylation is 1. The third-order valence-electron chi connectivity index (χ3n) is 13.2. The summed E-state index contributed by atoms with van der Waals surface area (Å²) in [5.74, 6) is -0.702. The van der Waals surface area contributed by atoms with E-state index in [0.29, 0.717) is 80.3 Å². The third kappa shape index (κ3) is 16.0. The lowest BCUT2D eigenvalue weighted by atomic mass is 9.96. The monoisotopic (exact) mass is 1120 g/mol. The zero-order valence-corrected chi connectivity index (χ0v) is 48.6. The second-order valence-electron chi connectivity index (χ2n) is 21.5. The number of fused-ring (bicyclic) bond motifs is 3. The molecule has 0 bridgehead atoms. The molecular formula is C57H73N9O11S2. The highest BCUT2D eigenvalue weighted by Gasteiger charge is 2.37. The average molecular weight is 1120 g/mol. The molecule has 1 N–H and O–H groups in total. The van der Waals surface area contributed by atoms with Crippen LogP contribution >= 0.6 is 11.8 Å². The minimum atomic E-state index is -1.31. The molecule has 0 aliphatic carbocycles. The molecule has 20 nitrogen and oxygen atoms in total. The van der Waals surface area contributed by atoms with Gasteiger partial charge in [-0.1, -0.05) is 72.4 Å².